The summed E-state index contributed by atoms with van der Waals surface area (Å²) in [6.45, 7) is 1.71. The number of rotatable bonds is 2. The third-order valence-corrected chi connectivity index (χ3v) is 2.84. The summed E-state index contributed by atoms with van der Waals surface area (Å²) in [5.41, 5.74) is -0.0731. The van der Waals surface area contributed by atoms with Crippen LogP contribution in [0.1, 0.15) is 6.42 Å². The van der Waals surface area contributed by atoms with Crippen LogP contribution < -0.4 is 10.5 Å². The van der Waals surface area contributed by atoms with Crippen molar-refractivity contribution in [1.29, 1.82) is 0 Å². The highest BCUT2D eigenvalue weighted by molar-refractivity contribution is 5.36. The first-order valence-corrected chi connectivity index (χ1v) is 5.10. The van der Waals surface area contributed by atoms with Gasteiger partial charge in [-0.2, -0.15) is 0 Å². The molecule has 0 bridgehead atoms. The standard InChI is InChI=1S/C10H15N3O2/c1-12-5-3-11-9(10(12)15)13-4-2-8(6-13)7-14/h3,5,8,14H,2,4,6-7H2,1H3/t8-/m0/s1. The second kappa shape index (κ2) is 4.02. The molecule has 1 aliphatic heterocycles. The van der Waals surface area contributed by atoms with E-state index in [-0.39, 0.29) is 18.1 Å². The normalized spacial score (nSPS) is 20.9. The number of hydrogen-bond donors (Lipinski definition) is 1. The first-order chi connectivity index (χ1) is 7.22. The highest BCUT2D eigenvalue weighted by Crippen LogP contribution is 2.18. The van der Waals surface area contributed by atoms with Crippen molar-refractivity contribution in [3.63, 3.8) is 0 Å². The van der Waals surface area contributed by atoms with Crippen LogP contribution in [-0.2, 0) is 7.05 Å². The minimum atomic E-state index is -0.0731. The van der Waals surface area contributed by atoms with E-state index in [1.165, 1.54) is 4.57 Å². The molecule has 1 saturated heterocycles. The van der Waals surface area contributed by atoms with Crippen LogP contribution in [0.2, 0.25) is 0 Å². The van der Waals surface area contributed by atoms with Crippen LogP contribution in [0.5, 0.6) is 0 Å². The van der Waals surface area contributed by atoms with Gasteiger partial charge in [0.2, 0.25) is 0 Å². The third kappa shape index (κ3) is 1.87. The van der Waals surface area contributed by atoms with E-state index in [4.69, 9.17) is 5.11 Å². The molecule has 2 heterocycles. The number of aryl methyl sites for hydroxylation is 1. The number of aromatic nitrogens is 2. The van der Waals surface area contributed by atoms with Crippen molar-refractivity contribution in [3.8, 4) is 0 Å². The van der Waals surface area contributed by atoms with E-state index in [0.717, 1.165) is 19.5 Å². The molecule has 1 atom stereocenters. The highest BCUT2D eigenvalue weighted by atomic mass is 16.3. The zero-order valence-corrected chi connectivity index (χ0v) is 8.76. The van der Waals surface area contributed by atoms with Gasteiger partial charge in [-0.25, -0.2) is 4.98 Å². The molecule has 0 unspecified atom stereocenters. The molecule has 2 rings (SSSR count). The Morgan fingerprint density at radius 1 is 1.67 bits per heavy atom. The van der Waals surface area contributed by atoms with E-state index < -0.39 is 0 Å². The molecule has 0 radical (unpaired) electrons. The predicted octanol–water partition coefficient (Wildman–Crippen LogP) is -0.401. The van der Waals surface area contributed by atoms with Crippen molar-refractivity contribution in [2.24, 2.45) is 13.0 Å². The lowest BCUT2D eigenvalue weighted by Gasteiger charge is -2.16. The van der Waals surface area contributed by atoms with Gasteiger partial charge in [0.1, 0.15) is 0 Å². The van der Waals surface area contributed by atoms with Crippen LogP contribution in [0.15, 0.2) is 17.2 Å². The van der Waals surface area contributed by atoms with Gasteiger partial charge >= 0.3 is 0 Å². The molecule has 1 N–H and O–H groups in total. The lowest BCUT2D eigenvalue weighted by atomic mass is 10.1. The van der Waals surface area contributed by atoms with E-state index in [0.29, 0.717) is 5.82 Å². The predicted molar refractivity (Wildman–Crippen MR) is 56.9 cm³/mol. The second-order valence-corrected chi connectivity index (χ2v) is 3.95. The zero-order chi connectivity index (χ0) is 10.8. The summed E-state index contributed by atoms with van der Waals surface area (Å²) in [5.74, 6) is 0.771. The molecule has 1 aliphatic rings. The molecular weight excluding hydrogens is 194 g/mol. The Kier molecular flexibility index (Phi) is 2.73. The summed E-state index contributed by atoms with van der Waals surface area (Å²) in [6, 6.07) is 0. The van der Waals surface area contributed by atoms with Gasteiger partial charge in [0.15, 0.2) is 5.82 Å². The third-order valence-electron chi connectivity index (χ3n) is 2.84. The maximum absolute atomic E-state index is 11.7. The van der Waals surface area contributed by atoms with Crippen LogP contribution in [0.3, 0.4) is 0 Å². The quantitative estimate of drug-likeness (QED) is 0.720. The molecule has 1 fully saturated rings. The second-order valence-electron chi connectivity index (χ2n) is 3.95. The van der Waals surface area contributed by atoms with Crippen LogP contribution in [0.25, 0.3) is 0 Å². The molecule has 5 nitrogen and oxygen atoms in total. The number of anilines is 1. The topological polar surface area (TPSA) is 58.4 Å². The van der Waals surface area contributed by atoms with Crippen molar-refractivity contribution in [2.45, 2.75) is 6.42 Å². The molecule has 1 aromatic rings. The van der Waals surface area contributed by atoms with Crippen molar-refractivity contribution >= 4 is 5.82 Å². The molecule has 5 heteroatoms. The Morgan fingerprint density at radius 2 is 2.47 bits per heavy atom. The molecule has 0 spiro atoms. The first-order valence-electron chi connectivity index (χ1n) is 5.10. The highest BCUT2D eigenvalue weighted by Gasteiger charge is 2.24. The summed E-state index contributed by atoms with van der Waals surface area (Å²) in [4.78, 5) is 17.8. The van der Waals surface area contributed by atoms with Crippen molar-refractivity contribution < 1.29 is 5.11 Å². The van der Waals surface area contributed by atoms with Gasteiger partial charge in [0, 0.05) is 45.1 Å². The fraction of sp³-hybridized carbons (Fsp3) is 0.600. The summed E-state index contributed by atoms with van der Waals surface area (Å²) < 4.78 is 1.52. The Hall–Kier alpha value is -1.36. The Balaban J connectivity index is 2.24. The summed E-state index contributed by atoms with van der Waals surface area (Å²) >= 11 is 0. The number of aliphatic hydroxyl groups is 1. The maximum Gasteiger partial charge on any atom is 0.293 e. The first kappa shape index (κ1) is 10.2. The SMILES string of the molecule is Cn1ccnc(N2CC[C@H](CO)C2)c1=O. The maximum atomic E-state index is 11.7. The van der Waals surface area contributed by atoms with Gasteiger partial charge in [-0.05, 0) is 6.42 Å². The van der Waals surface area contributed by atoms with Crippen LogP contribution >= 0.6 is 0 Å². The van der Waals surface area contributed by atoms with E-state index in [1.54, 1.807) is 19.4 Å². The monoisotopic (exact) mass is 209 g/mol. The summed E-state index contributed by atoms with van der Waals surface area (Å²) in [5, 5.41) is 9.02. The molecule has 15 heavy (non-hydrogen) atoms. The summed E-state index contributed by atoms with van der Waals surface area (Å²) in [6.07, 6.45) is 4.20. The molecule has 0 aliphatic carbocycles. The average Bonchev–Trinajstić information content (AvgIpc) is 2.70. The number of hydrogen-bond acceptors (Lipinski definition) is 4. The van der Waals surface area contributed by atoms with Gasteiger partial charge in [0.25, 0.3) is 5.56 Å². The van der Waals surface area contributed by atoms with Gasteiger partial charge < -0.3 is 14.6 Å². The van der Waals surface area contributed by atoms with Crippen molar-refractivity contribution in [2.75, 3.05) is 24.6 Å². The van der Waals surface area contributed by atoms with Crippen molar-refractivity contribution in [3.05, 3.63) is 22.7 Å². The smallest absolute Gasteiger partial charge is 0.293 e. The fourth-order valence-electron chi connectivity index (χ4n) is 1.88. The lowest BCUT2D eigenvalue weighted by molar-refractivity contribution is 0.238. The minimum Gasteiger partial charge on any atom is -0.396 e. The Bertz CT molecular complexity index is 402. The van der Waals surface area contributed by atoms with Gasteiger partial charge in [-0.3, -0.25) is 4.79 Å². The molecule has 0 saturated carbocycles. The average molecular weight is 209 g/mol. The molecular formula is C10H15N3O2. The van der Waals surface area contributed by atoms with E-state index >= 15 is 0 Å². The molecule has 1 aromatic heterocycles. The van der Waals surface area contributed by atoms with E-state index in [2.05, 4.69) is 4.98 Å². The number of aliphatic hydroxyl groups excluding tert-OH is 1. The minimum absolute atomic E-state index is 0.0731. The van der Waals surface area contributed by atoms with Gasteiger partial charge in [0.05, 0.1) is 0 Å². The fourth-order valence-corrected chi connectivity index (χ4v) is 1.88. The molecule has 0 aromatic carbocycles. The number of nitrogens with zero attached hydrogens (tertiary/aromatic N) is 3. The lowest BCUT2D eigenvalue weighted by Crippen LogP contribution is -2.31. The van der Waals surface area contributed by atoms with Crippen LogP contribution in [0.4, 0.5) is 5.82 Å². The van der Waals surface area contributed by atoms with Crippen LogP contribution in [-0.4, -0.2) is 34.4 Å². The Morgan fingerprint density at radius 3 is 3.13 bits per heavy atom. The zero-order valence-electron chi connectivity index (χ0n) is 8.76. The Labute approximate surface area is 88.0 Å². The molecule has 82 valence electrons. The molecule has 0 amide bonds. The van der Waals surface area contributed by atoms with Crippen LogP contribution in [0, 0.1) is 5.92 Å². The largest absolute Gasteiger partial charge is 0.396 e. The summed E-state index contributed by atoms with van der Waals surface area (Å²) in [7, 11) is 1.72. The van der Waals surface area contributed by atoms with E-state index in [1.807, 2.05) is 4.90 Å². The van der Waals surface area contributed by atoms with E-state index in [9.17, 15) is 4.79 Å². The van der Waals surface area contributed by atoms with Crippen molar-refractivity contribution in [1.82, 2.24) is 9.55 Å². The van der Waals surface area contributed by atoms with Gasteiger partial charge in [-0.15, -0.1) is 0 Å². The van der Waals surface area contributed by atoms with Gasteiger partial charge in [-0.1, -0.05) is 0 Å².